The Morgan fingerprint density at radius 3 is 2.34 bits per heavy atom. The number of carbonyl (C=O) groups is 1. The summed E-state index contributed by atoms with van der Waals surface area (Å²) in [6, 6.07) is 15.9. The first-order valence-corrected chi connectivity index (χ1v) is 11.1. The molecule has 0 saturated carbocycles. The number of nitrogens with one attached hydrogen (secondary N) is 1. The molecule has 2 aromatic carbocycles. The summed E-state index contributed by atoms with van der Waals surface area (Å²) < 4.78 is 18.5. The van der Waals surface area contributed by atoms with Crippen molar-refractivity contribution in [2.24, 2.45) is 0 Å². The molecule has 0 spiro atoms. The monoisotopic (exact) mass is 473 g/mol. The molecular weight excluding hydrogens is 446 g/mol. The molecule has 0 radical (unpaired) electrons. The Balaban J connectivity index is 1.40. The SMILES string of the molecule is COc1ccccc1OCC(=O)Nc1ccc(Oc2cc(-n3nc(C)c(C)c3C)nc(C)n2)cc1. The number of hydrogen-bond donors (Lipinski definition) is 1. The van der Waals surface area contributed by atoms with Crippen LogP contribution in [-0.2, 0) is 4.79 Å². The second kappa shape index (κ2) is 10.3. The van der Waals surface area contributed by atoms with E-state index in [0.717, 1.165) is 17.0 Å². The summed E-state index contributed by atoms with van der Waals surface area (Å²) in [5, 5.41) is 7.36. The van der Waals surface area contributed by atoms with Crippen molar-refractivity contribution in [1.29, 1.82) is 0 Å². The fraction of sp³-hybridized carbons (Fsp3) is 0.231. The van der Waals surface area contributed by atoms with Gasteiger partial charge in [-0.25, -0.2) is 9.67 Å². The maximum absolute atomic E-state index is 12.3. The van der Waals surface area contributed by atoms with E-state index in [9.17, 15) is 4.79 Å². The highest BCUT2D eigenvalue weighted by atomic mass is 16.5. The molecule has 4 aromatic rings. The summed E-state index contributed by atoms with van der Waals surface area (Å²) in [4.78, 5) is 21.2. The molecule has 180 valence electrons. The van der Waals surface area contributed by atoms with Gasteiger partial charge in [0, 0.05) is 17.4 Å². The Labute approximate surface area is 203 Å². The van der Waals surface area contributed by atoms with Crippen LogP contribution in [-0.4, -0.2) is 39.4 Å². The molecule has 0 aliphatic heterocycles. The largest absolute Gasteiger partial charge is 0.493 e. The van der Waals surface area contributed by atoms with Crippen molar-refractivity contribution in [3.63, 3.8) is 0 Å². The van der Waals surface area contributed by atoms with Gasteiger partial charge in [-0.3, -0.25) is 4.79 Å². The van der Waals surface area contributed by atoms with Crippen LogP contribution in [0.4, 0.5) is 5.69 Å². The second-order valence-corrected chi connectivity index (χ2v) is 7.93. The van der Waals surface area contributed by atoms with Crippen LogP contribution in [0.1, 0.15) is 22.8 Å². The van der Waals surface area contributed by atoms with Gasteiger partial charge in [0.2, 0.25) is 5.88 Å². The van der Waals surface area contributed by atoms with Gasteiger partial charge in [-0.05, 0) is 69.7 Å². The van der Waals surface area contributed by atoms with Gasteiger partial charge in [0.15, 0.2) is 23.9 Å². The van der Waals surface area contributed by atoms with Gasteiger partial charge >= 0.3 is 0 Å². The van der Waals surface area contributed by atoms with Gasteiger partial charge in [0.05, 0.1) is 12.8 Å². The molecule has 1 amide bonds. The van der Waals surface area contributed by atoms with E-state index in [0.29, 0.717) is 40.5 Å². The van der Waals surface area contributed by atoms with E-state index in [2.05, 4.69) is 20.4 Å². The number of amides is 1. The molecule has 9 heteroatoms. The molecule has 0 aliphatic rings. The van der Waals surface area contributed by atoms with Gasteiger partial charge in [-0.1, -0.05) is 12.1 Å². The number of aryl methyl sites for hydroxylation is 2. The highest BCUT2D eigenvalue weighted by molar-refractivity contribution is 5.91. The van der Waals surface area contributed by atoms with Gasteiger partial charge in [-0.2, -0.15) is 10.1 Å². The van der Waals surface area contributed by atoms with E-state index in [1.165, 1.54) is 0 Å². The highest BCUT2D eigenvalue weighted by Crippen LogP contribution is 2.26. The van der Waals surface area contributed by atoms with E-state index < -0.39 is 0 Å². The molecule has 0 unspecified atom stereocenters. The number of anilines is 1. The smallest absolute Gasteiger partial charge is 0.262 e. The number of carbonyl (C=O) groups excluding carboxylic acids is 1. The Morgan fingerprint density at radius 1 is 0.971 bits per heavy atom. The molecule has 0 atom stereocenters. The molecule has 1 N–H and O–H groups in total. The third kappa shape index (κ3) is 5.57. The molecule has 0 aliphatic carbocycles. The summed E-state index contributed by atoms with van der Waals surface area (Å²) in [5.74, 6) is 2.96. The number of rotatable bonds is 8. The quantitative estimate of drug-likeness (QED) is 0.395. The lowest BCUT2D eigenvalue weighted by Crippen LogP contribution is -2.20. The maximum Gasteiger partial charge on any atom is 0.262 e. The van der Waals surface area contributed by atoms with Crippen LogP contribution in [0.3, 0.4) is 0 Å². The molecule has 0 bridgehead atoms. The van der Waals surface area contributed by atoms with E-state index >= 15 is 0 Å². The Kier molecular flexibility index (Phi) is 6.96. The minimum atomic E-state index is -0.291. The summed E-state index contributed by atoms with van der Waals surface area (Å²) in [5.41, 5.74) is 3.70. The lowest BCUT2D eigenvalue weighted by Gasteiger charge is -2.11. The average Bonchev–Trinajstić information content (AvgIpc) is 3.11. The zero-order valence-electron chi connectivity index (χ0n) is 20.3. The summed E-state index contributed by atoms with van der Waals surface area (Å²) in [7, 11) is 1.55. The van der Waals surface area contributed by atoms with Crippen molar-refractivity contribution < 1.29 is 19.0 Å². The summed E-state index contributed by atoms with van der Waals surface area (Å²) in [6.45, 7) is 7.66. The molecule has 0 saturated heterocycles. The third-order valence-corrected chi connectivity index (χ3v) is 5.46. The van der Waals surface area contributed by atoms with Gasteiger partial charge < -0.3 is 19.5 Å². The predicted octanol–water partition coefficient (Wildman–Crippen LogP) is 4.71. The lowest BCUT2D eigenvalue weighted by molar-refractivity contribution is -0.118. The zero-order valence-corrected chi connectivity index (χ0v) is 20.3. The molecule has 0 fully saturated rings. The maximum atomic E-state index is 12.3. The normalized spacial score (nSPS) is 10.7. The number of aromatic nitrogens is 4. The predicted molar refractivity (Wildman–Crippen MR) is 132 cm³/mol. The van der Waals surface area contributed by atoms with E-state index in [1.54, 1.807) is 61.2 Å². The average molecular weight is 474 g/mol. The number of hydrogen-bond acceptors (Lipinski definition) is 7. The van der Waals surface area contributed by atoms with Crippen LogP contribution in [0.15, 0.2) is 54.6 Å². The van der Waals surface area contributed by atoms with Crippen molar-refractivity contribution in [2.75, 3.05) is 19.0 Å². The van der Waals surface area contributed by atoms with Crippen molar-refractivity contribution in [3.8, 4) is 28.9 Å². The van der Waals surface area contributed by atoms with Crippen molar-refractivity contribution in [1.82, 2.24) is 19.7 Å². The zero-order chi connectivity index (χ0) is 24.9. The molecule has 2 aromatic heterocycles. The summed E-state index contributed by atoms with van der Waals surface area (Å²) in [6.07, 6.45) is 0. The number of ether oxygens (including phenoxy) is 3. The van der Waals surface area contributed by atoms with E-state index in [4.69, 9.17) is 14.2 Å². The first kappa shape index (κ1) is 23.7. The van der Waals surface area contributed by atoms with Gasteiger partial charge in [0.25, 0.3) is 5.91 Å². The first-order chi connectivity index (χ1) is 16.8. The fourth-order valence-electron chi connectivity index (χ4n) is 3.44. The van der Waals surface area contributed by atoms with Gasteiger partial charge in [0.1, 0.15) is 11.6 Å². The highest BCUT2D eigenvalue weighted by Gasteiger charge is 2.13. The van der Waals surface area contributed by atoms with Crippen LogP contribution < -0.4 is 19.5 Å². The topological polar surface area (TPSA) is 100 Å². The minimum Gasteiger partial charge on any atom is -0.493 e. The second-order valence-electron chi connectivity index (χ2n) is 7.93. The van der Waals surface area contributed by atoms with Crippen LogP contribution in [0.5, 0.6) is 23.1 Å². The number of para-hydroxylation sites is 2. The Hall–Kier alpha value is -4.40. The number of benzene rings is 2. The summed E-state index contributed by atoms with van der Waals surface area (Å²) >= 11 is 0. The molecular formula is C26H27N5O4. The molecule has 9 nitrogen and oxygen atoms in total. The van der Waals surface area contributed by atoms with Crippen LogP contribution >= 0.6 is 0 Å². The Morgan fingerprint density at radius 2 is 1.69 bits per heavy atom. The minimum absolute atomic E-state index is 0.145. The fourth-order valence-corrected chi connectivity index (χ4v) is 3.44. The standard InChI is InChI=1S/C26H27N5O4/c1-16-17(2)30-31(18(16)3)24-14-26(28-19(4)27-24)35-21-12-10-20(11-13-21)29-25(32)15-34-23-9-7-6-8-22(23)33-5/h6-14H,15H2,1-5H3,(H,29,32). The first-order valence-electron chi connectivity index (χ1n) is 11.1. The van der Waals surface area contributed by atoms with Crippen LogP contribution in [0.25, 0.3) is 5.82 Å². The number of nitrogens with zero attached hydrogens (tertiary/aromatic N) is 4. The van der Waals surface area contributed by atoms with Crippen molar-refractivity contribution >= 4 is 11.6 Å². The van der Waals surface area contributed by atoms with Crippen LogP contribution in [0, 0.1) is 27.7 Å². The molecule has 2 heterocycles. The number of methoxy groups -OCH3 is 1. The molecule has 4 rings (SSSR count). The third-order valence-electron chi connectivity index (χ3n) is 5.46. The van der Waals surface area contributed by atoms with Crippen LogP contribution in [0.2, 0.25) is 0 Å². The van der Waals surface area contributed by atoms with E-state index in [-0.39, 0.29) is 12.5 Å². The van der Waals surface area contributed by atoms with E-state index in [1.807, 2.05) is 32.9 Å². The van der Waals surface area contributed by atoms with Crippen molar-refractivity contribution in [2.45, 2.75) is 27.7 Å². The molecule has 35 heavy (non-hydrogen) atoms. The van der Waals surface area contributed by atoms with Crippen molar-refractivity contribution in [3.05, 3.63) is 77.4 Å². The van der Waals surface area contributed by atoms with Gasteiger partial charge in [-0.15, -0.1) is 0 Å². The lowest BCUT2D eigenvalue weighted by atomic mass is 10.2. The Bertz CT molecular complexity index is 1350.